The van der Waals surface area contributed by atoms with Crippen LogP contribution >= 0.6 is 11.6 Å². The zero-order valence-electron chi connectivity index (χ0n) is 7.76. The van der Waals surface area contributed by atoms with Crippen LogP contribution in [0.1, 0.15) is 44.3 Å². The third-order valence-corrected chi connectivity index (χ3v) is 3.05. The molecule has 1 heterocycles. The summed E-state index contributed by atoms with van der Waals surface area (Å²) in [5.74, 6) is 2.39. The molecular formula is C9H14ClN3. The quantitative estimate of drug-likeness (QED) is 0.756. The van der Waals surface area contributed by atoms with Crippen LogP contribution in [0, 0.1) is 5.92 Å². The number of nitrogens with one attached hydrogen (secondary N) is 1. The number of hydrogen-bond donors (Lipinski definition) is 1. The minimum atomic E-state index is 0.341. The van der Waals surface area contributed by atoms with Crippen molar-refractivity contribution in [1.82, 2.24) is 15.2 Å². The number of nitrogens with zero attached hydrogens (tertiary/aromatic N) is 2. The molecule has 72 valence electrons. The molecular weight excluding hydrogens is 186 g/mol. The van der Waals surface area contributed by atoms with Crippen molar-refractivity contribution >= 4 is 11.6 Å². The zero-order chi connectivity index (χ0) is 9.26. The SMILES string of the molecule is CC1CCC(c2nc(Cl)n[nH]2)CC1. The lowest BCUT2D eigenvalue weighted by Gasteiger charge is -2.23. The number of H-pyrrole nitrogens is 1. The fourth-order valence-corrected chi connectivity index (χ4v) is 2.10. The van der Waals surface area contributed by atoms with Gasteiger partial charge in [-0.15, -0.1) is 5.10 Å². The van der Waals surface area contributed by atoms with Crippen molar-refractivity contribution in [3.05, 3.63) is 11.1 Å². The summed E-state index contributed by atoms with van der Waals surface area (Å²) in [4.78, 5) is 4.16. The molecule has 1 fully saturated rings. The van der Waals surface area contributed by atoms with Crippen LogP contribution in [0.25, 0.3) is 0 Å². The van der Waals surface area contributed by atoms with Gasteiger partial charge in [0, 0.05) is 5.92 Å². The molecule has 0 bridgehead atoms. The molecule has 1 N–H and O–H groups in total. The molecule has 2 rings (SSSR count). The Kier molecular flexibility index (Phi) is 2.54. The van der Waals surface area contributed by atoms with E-state index in [4.69, 9.17) is 11.6 Å². The Morgan fingerprint density at radius 2 is 2.00 bits per heavy atom. The normalized spacial score (nSPS) is 29.1. The van der Waals surface area contributed by atoms with Gasteiger partial charge in [-0.3, -0.25) is 5.10 Å². The second-order valence-corrected chi connectivity index (χ2v) is 4.28. The Morgan fingerprint density at radius 1 is 1.31 bits per heavy atom. The Balaban J connectivity index is 2.02. The van der Waals surface area contributed by atoms with E-state index in [0.29, 0.717) is 11.2 Å². The van der Waals surface area contributed by atoms with Crippen LogP contribution in [0.4, 0.5) is 0 Å². The van der Waals surface area contributed by atoms with Crippen LogP contribution in [-0.2, 0) is 0 Å². The summed E-state index contributed by atoms with van der Waals surface area (Å²) in [6.45, 7) is 2.31. The molecule has 1 saturated carbocycles. The van der Waals surface area contributed by atoms with Crippen molar-refractivity contribution in [2.24, 2.45) is 5.92 Å². The van der Waals surface area contributed by atoms with Crippen LogP contribution in [0.3, 0.4) is 0 Å². The van der Waals surface area contributed by atoms with Crippen molar-refractivity contribution in [2.75, 3.05) is 0 Å². The first-order valence-corrected chi connectivity index (χ1v) is 5.21. The van der Waals surface area contributed by atoms with Crippen molar-refractivity contribution in [3.8, 4) is 0 Å². The van der Waals surface area contributed by atoms with Gasteiger partial charge in [0.1, 0.15) is 5.82 Å². The highest BCUT2D eigenvalue weighted by Gasteiger charge is 2.22. The van der Waals surface area contributed by atoms with Gasteiger partial charge in [0.25, 0.3) is 0 Å². The molecule has 0 spiro atoms. The van der Waals surface area contributed by atoms with Gasteiger partial charge < -0.3 is 0 Å². The van der Waals surface area contributed by atoms with E-state index < -0.39 is 0 Å². The summed E-state index contributed by atoms with van der Waals surface area (Å²) in [5.41, 5.74) is 0. The highest BCUT2D eigenvalue weighted by atomic mass is 35.5. The van der Waals surface area contributed by atoms with E-state index in [1.54, 1.807) is 0 Å². The van der Waals surface area contributed by atoms with Gasteiger partial charge in [0.15, 0.2) is 0 Å². The Morgan fingerprint density at radius 3 is 2.54 bits per heavy atom. The minimum absolute atomic E-state index is 0.341. The first-order valence-electron chi connectivity index (χ1n) is 4.83. The molecule has 1 aliphatic carbocycles. The molecule has 0 amide bonds. The van der Waals surface area contributed by atoms with Crippen molar-refractivity contribution in [3.63, 3.8) is 0 Å². The summed E-state index contributed by atoms with van der Waals surface area (Å²) in [7, 11) is 0. The largest absolute Gasteiger partial charge is 0.262 e. The first kappa shape index (κ1) is 9.00. The van der Waals surface area contributed by atoms with Gasteiger partial charge in [0.05, 0.1) is 0 Å². The van der Waals surface area contributed by atoms with Crippen molar-refractivity contribution in [1.29, 1.82) is 0 Å². The smallest absolute Gasteiger partial charge is 0.242 e. The molecule has 13 heavy (non-hydrogen) atoms. The lowest BCUT2D eigenvalue weighted by atomic mass is 9.83. The van der Waals surface area contributed by atoms with Gasteiger partial charge in [0.2, 0.25) is 5.28 Å². The van der Waals surface area contributed by atoms with E-state index in [1.165, 1.54) is 25.7 Å². The maximum atomic E-state index is 5.65. The van der Waals surface area contributed by atoms with Gasteiger partial charge >= 0.3 is 0 Å². The van der Waals surface area contributed by atoms with E-state index in [-0.39, 0.29) is 0 Å². The summed E-state index contributed by atoms with van der Waals surface area (Å²) in [6.07, 6.45) is 5.02. The summed E-state index contributed by atoms with van der Waals surface area (Å²) in [5, 5.41) is 7.08. The summed E-state index contributed by atoms with van der Waals surface area (Å²) >= 11 is 5.65. The van der Waals surface area contributed by atoms with E-state index in [0.717, 1.165) is 11.7 Å². The lowest BCUT2D eigenvalue weighted by molar-refractivity contribution is 0.340. The molecule has 0 aliphatic heterocycles. The third-order valence-electron chi connectivity index (χ3n) is 2.88. The average Bonchev–Trinajstić information content (AvgIpc) is 2.53. The van der Waals surface area contributed by atoms with E-state index in [9.17, 15) is 0 Å². The minimum Gasteiger partial charge on any atom is -0.262 e. The van der Waals surface area contributed by atoms with Gasteiger partial charge in [-0.1, -0.05) is 19.8 Å². The van der Waals surface area contributed by atoms with Crippen molar-refractivity contribution in [2.45, 2.75) is 38.5 Å². The number of aromatic amines is 1. The van der Waals surface area contributed by atoms with Crippen LogP contribution in [0.5, 0.6) is 0 Å². The predicted octanol–water partition coefficient (Wildman–Crippen LogP) is 2.75. The molecule has 1 aliphatic rings. The van der Waals surface area contributed by atoms with Gasteiger partial charge in [-0.05, 0) is 30.4 Å². The topological polar surface area (TPSA) is 41.6 Å². The maximum Gasteiger partial charge on any atom is 0.242 e. The highest BCUT2D eigenvalue weighted by Crippen LogP contribution is 2.33. The third kappa shape index (κ3) is 2.02. The summed E-state index contributed by atoms with van der Waals surface area (Å²) < 4.78 is 0. The Hall–Kier alpha value is -0.570. The molecule has 0 aromatic carbocycles. The number of halogens is 1. The number of hydrogen-bond acceptors (Lipinski definition) is 2. The standard InChI is InChI=1S/C9H14ClN3/c1-6-2-4-7(5-3-6)8-11-9(10)13-12-8/h6-7H,2-5H2,1H3,(H,11,12,13). The predicted molar refractivity (Wildman–Crippen MR) is 51.8 cm³/mol. The van der Waals surface area contributed by atoms with Gasteiger partial charge in [-0.25, -0.2) is 4.98 Å². The van der Waals surface area contributed by atoms with Crippen LogP contribution < -0.4 is 0 Å². The van der Waals surface area contributed by atoms with Crippen LogP contribution in [0.2, 0.25) is 5.28 Å². The molecule has 1 aromatic heterocycles. The molecule has 1 aromatic rings. The van der Waals surface area contributed by atoms with Crippen molar-refractivity contribution < 1.29 is 0 Å². The molecule has 4 heteroatoms. The summed E-state index contributed by atoms with van der Waals surface area (Å²) in [6, 6.07) is 0. The fourth-order valence-electron chi connectivity index (χ4n) is 1.97. The fraction of sp³-hybridized carbons (Fsp3) is 0.778. The van der Waals surface area contributed by atoms with Crippen LogP contribution in [0.15, 0.2) is 0 Å². The molecule has 0 saturated heterocycles. The monoisotopic (exact) mass is 199 g/mol. The second-order valence-electron chi connectivity index (χ2n) is 3.95. The number of rotatable bonds is 1. The van der Waals surface area contributed by atoms with E-state index >= 15 is 0 Å². The number of aromatic nitrogens is 3. The molecule has 0 unspecified atom stereocenters. The van der Waals surface area contributed by atoms with Crippen LogP contribution in [-0.4, -0.2) is 15.2 Å². The van der Waals surface area contributed by atoms with Gasteiger partial charge in [-0.2, -0.15) is 0 Å². The first-order chi connectivity index (χ1) is 6.25. The molecule has 3 nitrogen and oxygen atoms in total. The maximum absolute atomic E-state index is 5.65. The Bertz CT molecular complexity index is 276. The van der Waals surface area contributed by atoms with E-state index in [1.807, 2.05) is 0 Å². The van der Waals surface area contributed by atoms with E-state index in [2.05, 4.69) is 22.1 Å². The highest BCUT2D eigenvalue weighted by molar-refractivity contribution is 6.28. The zero-order valence-corrected chi connectivity index (χ0v) is 8.51. The lowest BCUT2D eigenvalue weighted by Crippen LogP contribution is -2.11. The molecule has 0 radical (unpaired) electrons. The average molecular weight is 200 g/mol. The Labute approximate surface area is 82.9 Å². The molecule has 0 atom stereocenters. The second kappa shape index (κ2) is 3.66.